The number of fused-ring (bicyclic) bond motifs is 6. The first kappa shape index (κ1) is 43.4. The van der Waals surface area contributed by atoms with E-state index in [1.54, 1.807) is 0 Å². The maximum atomic E-state index is 5.18. The summed E-state index contributed by atoms with van der Waals surface area (Å²) in [7, 11) is 0. The van der Waals surface area contributed by atoms with Crippen molar-refractivity contribution in [2.75, 3.05) is 0 Å². The van der Waals surface area contributed by atoms with Crippen LogP contribution in [-0.4, -0.2) is 19.1 Å². The Morgan fingerprint density at radius 3 is 1.04 bits per heavy atom. The summed E-state index contributed by atoms with van der Waals surface area (Å²) >= 11 is 0. The molecule has 0 atom stereocenters. The topological polar surface area (TPSA) is 35.6 Å². The SMILES string of the molecule is c1ccc(-n2c(-c3ccc(-c4ccc5c(-c6cccc7ccccc67)c6cc(-c7ccc(-c8nc9ccccc9n8-c8ccccc8)cc7)ccc6c(-c6cccc7ccccc67)c5c4)cc3)nc3ccccc32)cc1. The molecule has 0 saturated carbocycles. The molecular formula is C72H46N4. The highest BCUT2D eigenvalue weighted by Crippen LogP contribution is 2.49. The van der Waals surface area contributed by atoms with E-state index in [4.69, 9.17) is 9.97 Å². The lowest BCUT2D eigenvalue weighted by Crippen LogP contribution is -1.97. The van der Waals surface area contributed by atoms with Crippen LogP contribution in [0, 0.1) is 0 Å². The number of benzene rings is 13. The summed E-state index contributed by atoms with van der Waals surface area (Å²) in [5.41, 5.74) is 17.8. The third kappa shape index (κ3) is 7.14. The van der Waals surface area contributed by atoms with Gasteiger partial charge in [-0.15, -0.1) is 0 Å². The van der Waals surface area contributed by atoms with Gasteiger partial charge in [0, 0.05) is 22.5 Å². The van der Waals surface area contributed by atoms with E-state index in [0.29, 0.717) is 0 Å². The molecule has 0 unspecified atom stereocenters. The highest BCUT2D eigenvalue weighted by molar-refractivity contribution is 6.26. The predicted molar refractivity (Wildman–Crippen MR) is 318 cm³/mol. The molecule has 0 radical (unpaired) electrons. The van der Waals surface area contributed by atoms with Gasteiger partial charge in [-0.3, -0.25) is 9.13 Å². The maximum absolute atomic E-state index is 5.18. The average molecular weight is 967 g/mol. The fourth-order valence-electron chi connectivity index (χ4n) is 11.8. The summed E-state index contributed by atoms with van der Waals surface area (Å²) in [6, 6.07) is 101. The molecule has 0 aliphatic rings. The maximum Gasteiger partial charge on any atom is 0.145 e. The van der Waals surface area contributed by atoms with Crippen LogP contribution in [0.1, 0.15) is 0 Å². The molecule has 0 fully saturated rings. The molecule has 15 rings (SSSR count). The number of rotatable bonds is 8. The van der Waals surface area contributed by atoms with Crippen LogP contribution in [0.4, 0.5) is 0 Å². The van der Waals surface area contributed by atoms with E-state index in [1.165, 1.54) is 65.3 Å². The number of para-hydroxylation sites is 6. The Balaban J connectivity index is 0.935. The first-order chi connectivity index (χ1) is 37.7. The normalized spacial score (nSPS) is 11.7. The van der Waals surface area contributed by atoms with Gasteiger partial charge in [0.1, 0.15) is 11.6 Å². The van der Waals surface area contributed by atoms with Crippen LogP contribution in [0.25, 0.3) is 144 Å². The van der Waals surface area contributed by atoms with Gasteiger partial charge >= 0.3 is 0 Å². The first-order valence-corrected chi connectivity index (χ1v) is 26.0. The summed E-state index contributed by atoms with van der Waals surface area (Å²) in [4.78, 5) is 10.4. The number of hydrogen-bond acceptors (Lipinski definition) is 2. The molecule has 0 bridgehead atoms. The number of nitrogens with zero attached hydrogens (tertiary/aromatic N) is 4. The second-order valence-electron chi connectivity index (χ2n) is 19.7. The molecule has 2 aromatic heterocycles. The number of aromatic nitrogens is 4. The lowest BCUT2D eigenvalue weighted by molar-refractivity contribution is 1.10. The Kier molecular flexibility index (Phi) is 10.2. The minimum Gasteiger partial charge on any atom is -0.292 e. The van der Waals surface area contributed by atoms with Crippen molar-refractivity contribution < 1.29 is 0 Å². The third-order valence-electron chi connectivity index (χ3n) is 15.3. The standard InChI is InChI=1S/C72H46N4/c1-3-21-55(22-4-1)75-67-31-13-11-29-65(67)73-71(75)51-37-33-47(34-38-51)53-41-43-61-63(45-53)69(59-27-15-19-49-17-7-9-25-57(49)59)62-44-42-54(46-64(62)70(61)60-28-16-20-50-18-8-10-26-58(50)60)48-35-39-52(40-36-48)72-74-66-30-12-14-32-68(66)76(72)56-23-5-2-6-24-56/h1-46H. The largest absolute Gasteiger partial charge is 0.292 e. The molecule has 0 amide bonds. The molecule has 76 heavy (non-hydrogen) atoms. The van der Waals surface area contributed by atoms with Gasteiger partial charge in [-0.05, 0) is 148 Å². The van der Waals surface area contributed by atoms with Crippen LogP contribution in [0.3, 0.4) is 0 Å². The Bertz CT molecular complexity index is 4410. The van der Waals surface area contributed by atoms with Crippen molar-refractivity contribution in [1.29, 1.82) is 0 Å². The van der Waals surface area contributed by atoms with Crippen molar-refractivity contribution in [2.24, 2.45) is 0 Å². The minimum atomic E-state index is 0.918. The zero-order valence-corrected chi connectivity index (χ0v) is 41.3. The molecular weight excluding hydrogens is 921 g/mol. The van der Waals surface area contributed by atoms with Gasteiger partial charge in [0.25, 0.3) is 0 Å². The Labute approximate surface area is 439 Å². The van der Waals surface area contributed by atoms with Gasteiger partial charge < -0.3 is 0 Å². The van der Waals surface area contributed by atoms with Gasteiger partial charge in [0.15, 0.2) is 0 Å². The molecule has 13 aromatic carbocycles. The Hall–Kier alpha value is -10.2. The summed E-state index contributed by atoms with van der Waals surface area (Å²) in [5.74, 6) is 1.84. The number of hydrogen-bond donors (Lipinski definition) is 0. The van der Waals surface area contributed by atoms with Crippen LogP contribution < -0.4 is 0 Å². The van der Waals surface area contributed by atoms with E-state index in [2.05, 4.69) is 288 Å². The Morgan fingerprint density at radius 1 is 0.237 bits per heavy atom. The molecule has 0 N–H and O–H groups in total. The molecule has 354 valence electrons. The molecule has 4 nitrogen and oxygen atoms in total. The van der Waals surface area contributed by atoms with Crippen molar-refractivity contribution in [2.45, 2.75) is 0 Å². The van der Waals surface area contributed by atoms with Gasteiger partial charge in [-0.1, -0.05) is 218 Å². The lowest BCUT2D eigenvalue weighted by atomic mass is 9.82. The van der Waals surface area contributed by atoms with Crippen molar-refractivity contribution in [3.8, 4) is 78.7 Å². The van der Waals surface area contributed by atoms with Crippen LogP contribution in [-0.2, 0) is 0 Å². The lowest BCUT2D eigenvalue weighted by Gasteiger charge is -2.21. The van der Waals surface area contributed by atoms with E-state index in [9.17, 15) is 0 Å². The molecule has 0 spiro atoms. The van der Waals surface area contributed by atoms with Crippen molar-refractivity contribution in [1.82, 2.24) is 19.1 Å². The summed E-state index contributed by atoms with van der Waals surface area (Å²) in [5, 5.41) is 9.70. The van der Waals surface area contributed by atoms with E-state index >= 15 is 0 Å². The number of imidazole rings is 2. The summed E-state index contributed by atoms with van der Waals surface area (Å²) < 4.78 is 4.53. The van der Waals surface area contributed by atoms with E-state index in [0.717, 1.165) is 78.5 Å². The highest BCUT2D eigenvalue weighted by Gasteiger charge is 2.22. The van der Waals surface area contributed by atoms with Crippen LogP contribution in [0.2, 0.25) is 0 Å². The Morgan fingerprint density at radius 2 is 0.592 bits per heavy atom. The van der Waals surface area contributed by atoms with E-state index in [1.807, 2.05) is 0 Å². The predicted octanol–water partition coefficient (Wildman–Crippen LogP) is 19.0. The summed E-state index contributed by atoms with van der Waals surface area (Å²) in [6.07, 6.45) is 0. The minimum absolute atomic E-state index is 0.918. The van der Waals surface area contributed by atoms with Crippen LogP contribution in [0.5, 0.6) is 0 Å². The van der Waals surface area contributed by atoms with Crippen LogP contribution >= 0.6 is 0 Å². The second kappa shape index (κ2) is 17.8. The van der Waals surface area contributed by atoms with Gasteiger partial charge in [0.2, 0.25) is 0 Å². The first-order valence-electron chi connectivity index (χ1n) is 26.0. The molecule has 0 aliphatic carbocycles. The monoisotopic (exact) mass is 966 g/mol. The quantitative estimate of drug-likeness (QED) is 0.142. The van der Waals surface area contributed by atoms with E-state index in [-0.39, 0.29) is 0 Å². The van der Waals surface area contributed by atoms with Crippen molar-refractivity contribution in [3.05, 3.63) is 279 Å². The van der Waals surface area contributed by atoms with Crippen LogP contribution in [0.15, 0.2) is 279 Å². The zero-order chi connectivity index (χ0) is 50.1. The fourth-order valence-corrected chi connectivity index (χ4v) is 11.8. The second-order valence-corrected chi connectivity index (χ2v) is 19.7. The van der Waals surface area contributed by atoms with Crippen molar-refractivity contribution in [3.63, 3.8) is 0 Å². The van der Waals surface area contributed by atoms with Gasteiger partial charge in [-0.25, -0.2) is 9.97 Å². The third-order valence-corrected chi connectivity index (χ3v) is 15.3. The smallest absolute Gasteiger partial charge is 0.145 e. The zero-order valence-electron chi connectivity index (χ0n) is 41.3. The van der Waals surface area contributed by atoms with Crippen molar-refractivity contribution >= 4 is 65.2 Å². The fraction of sp³-hybridized carbons (Fsp3) is 0. The molecule has 0 saturated heterocycles. The summed E-state index contributed by atoms with van der Waals surface area (Å²) in [6.45, 7) is 0. The average Bonchev–Trinajstić information content (AvgIpc) is 4.16. The molecule has 4 heteroatoms. The molecule has 0 aliphatic heterocycles. The molecule has 2 heterocycles. The van der Waals surface area contributed by atoms with Gasteiger partial charge in [-0.2, -0.15) is 0 Å². The van der Waals surface area contributed by atoms with E-state index < -0.39 is 0 Å². The highest BCUT2D eigenvalue weighted by atomic mass is 15.1. The van der Waals surface area contributed by atoms with Gasteiger partial charge in [0.05, 0.1) is 22.1 Å². The molecule has 15 aromatic rings.